The Balaban J connectivity index is 2.73. The highest BCUT2D eigenvalue weighted by Gasteiger charge is 2.18. The summed E-state index contributed by atoms with van der Waals surface area (Å²) >= 11 is 3.31. The molecule has 1 aromatic carbocycles. The zero-order chi connectivity index (χ0) is 12.7. The molecule has 0 aliphatic carbocycles. The fourth-order valence-electron chi connectivity index (χ4n) is 1.63. The summed E-state index contributed by atoms with van der Waals surface area (Å²) in [5, 5.41) is 4.08. The minimum absolute atomic E-state index is 0.0457. The van der Waals surface area contributed by atoms with Crippen LogP contribution in [-0.4, -0.2) is 9.78 Å². The third kappa shape index (κ3) is 1.93. The van der Waals surface area contributed by atoms with E-state index < -0.39 is 11.6 Å². The van der Waals surface area contributed by atoms with Crippen molar-refractivity contribution < 1.29 is 8.78 Å². The molecule has 0 aliphatic heterocycles. The van der Waals surface area contributed by atoms with Gasteiger partial charge in [-0.3, -0.25) is 0 Å². The first kappa shape index (κ1) is 12.0. The van der Waals surface area contributed by atoms with Crippen LogP contribution in [0.3, 0.4) is 0 Å². The largest absolute Gasteiger partial charge is 0.399 e. The van der Waals surface area contributed by atoms with Crippen LogP contribution in [-0.2, 0) is 0 Å². The van der Waals surface area contributed by atoms with Crippen molar-refractivity contribution in [3.63, 3.8) is 0 Å². The van der Waals surface area contributed by atoms with Crippen molar-refractivity contribution in [2.45, 2.75) is 13.8 Å². The number of halogens is 3. The average Bonchev–Trinajstić information content (AvgIpc) is 2.45. The summed E-state index contributed by atoms with van der Waals surface area (Å²) in [6.07, 6.45) is 0. The zero-order valence-corrected chi connectivity index (χ0v) is 10.8. The Morgan fingerprint density at radius 1 is 1.24 bits per heavy atom. The molecule has 0 amide bonds. The van der Waals surface area contributed by atoms with Crippen LogP contribution in [0.1, 0.15) is 11.4 Å². The molecule has 0 atom stereocenters. The van der Waals surface area contributed by atoms with Gasteiger partial charge in [-0.25, -0.2) is 13.5 Å². The number of nitrogen functional groups attached to an aromatic ring is 1. The maximum absolute atomic E-state index is 13.7. The summed E-state index contributed by atoms with van der Waals surface area (Å²) in [4.78, 5) is 0. The molecule has 2 aromatic rings. The SMILES string of the molecule is Cc1nn(-c2c(F)cc(N)cc2F)c(C)c1Br. The molecule has 3 nitrogen and oxygen atoms in total. The molecule has 17 heavy (non-hydrogen) atoms. The molecule has 0 bridgehead atoms. The summed E-state index contributed by atoms with van der Waals surface area (Å²) in [7, 11) is 0. The second-order valence-corrected chi connectivity index (χ2v) is 4.52. The van der Waals surface area contributed by atoms with Gasteiger partial charge in [0.25, 0.3) is 0 Å². The highest BCUT2D eigenvalue weighted by molar-refractivity contribution is 9.10. The summed E-state index contributed by atoms with van der Waals surface area (Å²) in [6, 6.07) is 2.14. The highest BCUT2D eigenvalue weighted by atomic mass is 79.9. The van der Waals surface area contributed by atoms with Gasteiger partial charge in [-0.05, 0) is 41.9 Å². The molecule has 0 fully saturated rings. The summed E-state index contributed by atoms with van der Waals surface area (Å²) in [5.74, 6) is -1.47. The molecular weight excluding hydrogens is 292 g/mol. The first-order chi connectivity index (χ1) is 7.91. The van der Waals surface area contributed by atoms with Crippen molar-refractivity contribution in [2.75, 3.05) is 5.73 Å². The molecule has 0 spiro atoms. The molecule has 2 rings (SSSR count). The van der Waals surface area contributed by atoms with Gasteiger partial charge in [-0.2, -0.15) is 5.10 Å². The molecule has 0 unspecified atom stereocenters. The quantitative estimate of drug-likeness (QED) is 0.823. The molecular formula is C11H10BrF2N3. The van der Waals surface area contributed by atoms with E-state index in [0.29, 0.717) is 11.4 Å². The van der Waals surface area contributed by atoms with Crippen molar-refractivity contribution in [2.24, 2.45) is 0 Å². The van der Waals surface area contributed by atoms with Crippen LogP contribution in [0.15, 0.2) is 16.6 Å². The minimum Gasteiger partial charge on any atom is -0.399 e. The molecule has 0 aliphatic rings. The van der Waals surface area contributed by atoms with Crippen molar-refractivity contribution >= 4 is 21.6 Å². The van der Waals surface area contributed by atoms with E-state index in [-0.39, 0.29) is 11.4 Å². The lowest BCUT2D eigenvalue weighted by Crippen LogP contribution is -2.06. The van der Waals surface area contributed by atoms with E-state index in [1.807, 2.05) is 0 Å². The van der Waals surface area contributed by atoms with Crippen LogP contribution < -0.4 is 5.73 Å². The number of anilines is 1. The average molecular weight is 302 g/mol. The summed E-state index contributed by atoms with van der Waals surface area (Å²) < 4.78 is 29.4. The minimum atomic E-state index is -0.736. The fraction of sp³-hybridized carbons (Fsp3) is 0.182. The van der Waals surface area contributed by atoms with E-state index in [1.54, 1.807) is 13.8 Å². The molecule has 2 N–H and O–H groups in total. The normalized spacial score (nSPS) is 10.9. The standard InChI is InChI=1S/C11H10BrF2N3/c1-5-10(12)6(2)17(16-5)11-8(13)3-7(15)4-9(11)14/h3-4H,15H2,1-2H3. The topological polar surface area (TPSA) is 43.8 Å². The van der Waals surface area contributed by atoms with Crippen molar-refractivity contribution in [3.05, 3.63) is 39.6 Å². The fourth-order valence-corrected chi connectivity index (χ4v) is 1.88. The third-order valence-electron chi connectivity index (χ3n) is 2.45. The van der Waals surface area contributed by atoms with Crippen LogP contribution in [0, 0.1) is 25.5 Å². The number of nitrogens with two attached hydrogens (primary N) is 1. The summed E-state index contributed by atoms with van der Waals surface area (Å²) in [5.41, 5.74) is 6.48. The van der Waals surface area contributed by atoms with Gasteiger partial charge < -0.3 is 5.73 Å². The van der Waals surface area contributed by atoms with Gasteiger partial charge in [-0.15, -0.1) is 0 Å². The van der Waals surface area contributed by atoms with E-state index in [0.717, 1.165) is 16.6 Å². The van der Waals surface area contributed by atoms with Gasteiger partial charge in [0.05, 0.1) is 15.9 Å². The van der Waals surface area contributed by atoms with Gasteiger partial charge in [-0.1, -0.05) is 0 Å². The van der Waals surface area contributed by atoms with Gasteiger partial charge in [0.2, 0.25) is 0 Å². The lowest BCUT2D eigenvalue weighted by atomic mass is 10.2. The van der Waals surface area contributed by atoms with Gasteiger partial charge in [0.1, 0.15) is 5.69 Å². The lowest BCUT2D eigenvalue weighted by Gasteiger charge is -2.08. The number of aromatic nitrogens is 2. The second kappa shape index (κ2) is 4.10. The smallest absolute Gasteiger partial charge is 0.153 e. The number of hydrogen-bond donors (Lipinski definition) is 1. The van der Waals surface area contributed by atoms with Gasteiger partial charge in [0, 0.05) is 5.69 Å². The lowest BCUT2D eigenvalue weighted by molar-refractivity contribution is 0.558. The van der Waals surface area contributed by atoms with Gasteiger partial charge >= 0.3 is 0 Å². The monoisotopic (exact) mass is 301 g/mol. The molecule has 0 saturated heterocycles. The van der Waals surface area contributed by atoms with Crippen LogP contribution in [0.4, 0.5) is 14.5 Å². The predicted octanol–water partition coefficient (Wildman–Crippen LogP) is 3.11. The number of benzene rings is 1. The molecule has 0 saturated carbocycles. The number of hydrogen-bond acceptors (Lipinski definition) is 2. The first-order valence-corrected chi connectivity index (χ1v) is 5.67. The first-order valence-electron chi connectivity index (χ1n) is 4.88. The molecule has 6 heteroatoms. The second-order valence-electron chi connectivity index (χ2n) is 3.73. The summed E-state index contributed by atoms with van der Waals surface area (Å²) in [6.45, 7) is 3.47. The number of rotatable bonds is 1. The van der Waals surface area contributed by atoms with E-state index in [2.05, 4.69) is 21.0 Å². The molecule has 1 heterocycles. The maximum atomic E-state index is 13.7. The molecule has 1 aromatic heterocycles. The van der Waals surface area contributed by atoms with Crippen LogP contribution >= 0.6 is 15.9 Å². The Kier molecular flexibility index (Phi) is 2.91. The third-order valence-corrected chi connectivity index (χ3v) is 3.60. The predicted molar refractivity (Wildman–Crippen MR) is 65.1 cm³/mol. The Bertz CT molecular complexity index is 570. The Morgan fingerprint density at radius 2 is 1.76 bits per heavy atom. The van der Waals surface area contributed by atoms with Crippen molar-refractivity contribution in [1.82, 2.24) is 9.78 Å². The number of aryl methyl sites for hydroxylation is 1. The molecule has 90 valence electrons. The number of nitrogens with zero attached hydrogens (tertiary/aromatic N) is 2. The Morgan fingerprint density at radius 3 is 2.18 bits per heavy atom. The van der Waals surface area contributed by atoms with Crippen LogP contribution in [0.25, 0.3) is 5.69 Å². The molecule has 0 radical (unpaired) electrons. The highest BCUT2D eigenvalue weighted by Crippen LogP contribution is 2.27. The van der Waals surface area contributed by atoms with Crippen LogP contribution in [0.2, 0.25) is 0 Å². The van der Waals surface area contributed by atoms with Gasteiger partial charge in [0.15, 0.2) is 11.6 Å². The van der Waals surface area contributed by atoms with Crippen molar-refractivity contribution in [3.8, 4) is 5.69 Å². The van der Waals surface area contributed by atoms with Crippen LogP contribution in [0.5, 0.6) is 0 Å². The van der Waals surface area contributed by atoms with E-state index in [1.165, 1.54) is 4.68 Å². The van der Waals surface area contributed by atoms with Crippen molar-refractivity contribution in [1.29, 1.82) is 0 Å². The van der Waals surface area contributed by atoms with E-state index >= 15 is 0 Å². The maximum Gasteiger partial charge on any atom is 0.153 e. The zero-order valence-electron chi connectivity index (χ0n) is 9.26. The van der Waals surface area contributed by atoms with E-state index in [9.17, 15) is 8.78 Å². The Hall–Kier alpha value is -1.43. The Labute approximate surface area is 105 Å². The van der Waals surface area contributed by atoms with E-state index in [4.69, 9.17) is 5.73 Å².